The second-order valence-electron chi connectivity index (χ2n) is 4.91. The molecule has 1 rings (SSSR count). The van der Waals surface area contributed by atoms with Gasteiger partial charge < -0.3 is 19.9 Å². The fourth-order valence-electron chi connectivity index (χ4n) is 1.91. The molecular weight excluding hydrogens is 273 g/mol. The van der Waals surface area contributed by atoms with Gasteiger partial charge in [0.25, 0.3) is 0 Å². The lowest BCUT2D eigenvalue weighted by atomic mass is 10.0. The van der Waals surface area contributed by atoms with Gasteiger partial charge in [-0.2, -0.15) is 0 Å². The lowest BCUT2D eigenvalue weighted by Gasteiger charge is -2.15. The van der Waals surface area contributed by atoms with E-state index in [4.69, 9.17) is 19.9 Å². The molecule has 120 valence electrons. The summed E-state index contributed by atoms with van der Waals surface area (Å²) in [5.41, 5.74) is 6.74. The van der Waals surface area contributed by atoms with Gasteiger partial charge in [-0.25, -0.2) is 4.39 Å². The molecular formula is C16H26FNO3. The average Bonchev–Trinajstić information content (AvgIpc) is 2.48. The summed E-state index contributed by atoms with van der Waals surface area (Å²) < 4.78 is 29.7. The molecule has 0 saturated carbocycles. The van der Waals surface area contributed by atoms with Crippen LogP contribution in [0.4, 0.5) is 4.39 Å². The van der Waals surface area contributed by atoms with E-state index in [-0.39, 0.29) is 11.9 Å². The minimum absolute atomic E-state index is 0.0134. The monoisotopic (exact) mass is 299 g/mol. The van der Waals surface area contributed by atoms with Gasteiger partial charge >= 0.3 is 0 Å². The van der Waals surface area contributed by atoms with Crippen molar-refractivity contribution in [3.05, 3.63) is 29.6 Å². The third-order valence-electron chi connectivity index (χ3n) is 3.17. The van der Waals surface area contributed by atoms with Crippen LogP contribution in [0.5, 0.6) is 5.75 Å². The summed E-state index contributed by atoms with van der Waals surface area (Å²) in [6.07, 6.45) is 2.30. The molecule has 0 radical (unpaired) electrons. The van der Waals surface area contributed by atoms with E-state index >= 15 is 0 Å². The van der Waals surface area contributed by atoms with Crippen molar-refractivity contribution in [1.82, 2.24) is 0 Å². The lowest BCUT2D eigenvalue weighted by Crippen LogP contribution is -2.22. The molecule has 0 bridgehead atoms. The zero-order chi connectivity index (χ0) is 15.5. The molecule has 1 aromatic carbocycles. The molecule has 2 N–H and O–H groups in total. The van der Waals surface area contributed by atoms with E-state index in [0.717, 1.165) is 18.4 Å². The maximum Gasteiger partial charge on any atom is 0.165 e. The third kappa shape index (κ3) is 6.89. The first-order valence-corrected chi connectivity index (χ1v) is 7.41. The number of nitrogens with two attached hydrogens (primary N) is 1. The first-order valence-electron chi connectivity index (χ1n) is 7.41. The van der Waals surface area contributed by atoms with Crippen molar-refractivity contribution >= 4 is 0 Å². The molecule has 0 heterocycles. The van der Waals surface area contributed by atoms with Gasteiger partial charge in [0.2, 0.25) is 0 Å². The van der Waals surface area contributed by atoms with Crippen LogP contribution in [0.1, 0.15) is 25.3 Å². The fraction of sp³-hybridized carbons (Fsp3) is 0.625. The van der Waals surface area contributed by atoms with Gasteiger partial charge in [0, 0.05) is 26.4 Å². The maximum absolute atomic E-state index is 13.9. The molecule has 1 atom stereocenters. The average molecular weight is 299 g/mol. The Morgan fingerprint density at radius 3 is 2.71 bits per heavy atom. The molecule has 4 nitrogen and oxygen atoms in total. The zero-order valence-electron chi connectivity index (χ0n) is 12.9. The molecule has 0 spiro atoms. The van der Waals surface area contributed by atoms with E-state index < -0.39 is 0 Å². The van der Waals surface area contributed by atoms with Crippen molar-refractivity contribution in [3.63, 3.8) is 0 Å². The Balaban J connectivity index is 2.42. The van der Waals surface area contributed by atoms with Gasteiger partial charge in [-0.3, -0.25) is 0 Å². The van der Waals surface area contributed by atoms with Crippen LogP contribution < -0.4 is 10.5 Å². The van der Waals surface area contributed by atoms with Gasteiger partial charge in [0.05, 0.1) is 6.61 Å². The van der Waals surface area contributed by atoms with Gasteiger partial charge in [0.1, 0.15) is 6.61 Å². The second-order valence-corrected chi connectivity index (χ2v) is 4.91. The van der Waals surface area contributed by atoms with Crippen molar-refractivity contribution < 1.29 is 18.6 Å². The van der Waals surface area contributed by atoms with Gasteiger partial charge in [0.15, 0.2) is 11.6 Å². The number of rotatable bonds is 11. The molecule has 0 fully saturated rings. The van der Waals surface area contributed by atoms with Crippen LogP contribution in [0.2, 0.25) is 0 Å². The zero-order valence-corrected chi connectivity index (χ0v) is 12.9. The second kappa shape index (κ2) is 10.5. The third-order valence-corrected chi connectivity index (χ3v) is 3.17. The van der Waals surface area contributed by atoms with Crippen LogP contribution in [-0.2, 0) is 15.9 Å². The Morgan fingerprint density at radius 2 is 2.00 bits per heavy atom. The highest BCUT2D eigenvalue weighted by Crippen LogP contribution is 2.24. The Labute approximate surface area is 126 Å². The number of ether oxygens (including phenoxy) is 3. The number of hydrogen-bond donors (Lipinski definition) is 1. The van der Waals surface area contributed by atoms with Crippen LogP contribution in [-0.4, -0.2) is 39.6 Å². The van der Waals surface area contributed by atoms with Crippen molar-refractivity contribution in [2.45, 2.75) is 32.2 Å². The van der Waals surface area contributed by atoms with Crippen LogP contribution in [0.25, 0.3) is 0 Å². The molecule has 0 saturated heterocycles. The molecule has 0 aromatic heterocycles. The van der Waals surface area contributed by atoms with Crippen molar-refractivity contribution in [2.75, 3.05) is 33.5 Å². The minimum atomic E-state index is -0.352. The van der Waals surface area contributed by atoms with Gasteiger partial charge in [-0.05, 0) is 30.9 Å². The summed E-state index contributed by atoms with van der Waals surface area (Å²) in [5, 5.41) is 0. The predicted octanol–water partition coefficient (Wildman–Crippen LogP) is 2.54. The van der Waals surface area contributed by atoms with Crippen LogP contribution >= 0.6 is 0 Å². The van der Waals surface area contributed by atoms with Gasteiger partial charge in [-0.1, -0.05) is 19.1 Å². The molecule has 1 unspecified atom stereocenters. The molecule has 1 aromatic rings. The van der Waals surface area contributed by atoms with E-state index in [1.54, 1.807) is 13.2 Å². The topological polar surface area (TPSA) is 53.7 Å². The Hall–Kier alpha value is -1.17. The van der Waals surface area contributed by atoms with E-state index in [0.29, 0.717) is 38.6 Å². The summed E-state index contributed by atoms with van der Waals surface area (Å²) in [4.78, 5) is 0. The van der Waals surface area contributed by atoms with Crippen LogP contribution in [0.15, 0.2) is 18.2 Å². The minimum Gasteiger partial charge on any atom is -0.488 e. The quantitative estimate of drug-likeness (QED) is 0.638. The Bertz CT molecular complexity index is 401. The highest BCUT2D eigenvalue weighted by molar-refractivity contribution is 5.35. The lowest BCUT2D eigenvalue weighted by molar-refractivity contribution is 0.0794. The molecule has 5 heteroatoms. The summed E-state index contributed by atoms with van der Waals surface area (Å²) in [6, 6.07) is 4.95. The number of para-hydroxylation sites is 1. The Morgan fingerprint density at radius 1 is 1.19 bits per heavy atom. The fourth-order valence-corrected chi connectivity index (χ4v) is 1.91. The van der Waals surface area contributed by atoms with Crippen molar-refractivity contribution in [2.24, 2.45) is 5.73 Å². The van der Waals surface area contributed by atoms with Crippen LogP contribution in [0, 0.1) is 5.82 Å². The molecule has 0 aliphatic carbocycles. The predicted molar refractivity (Wildman–Crippen MR) is 81.2 cm³/mol. The maximum atomic E-state index is 13.9. The molecule has 0 amide bonds. The number of halogens is 1. The van der Waals surface area contributed by atoms with Crippen LogP contribution in [0.3, 0.4) is 0 Å². The summed E-state index contributed by atoms with van der Waals surface area (Å²) in [5.74, 6) is -0.0583. The largest absolute Gasteiger partial charge is 0.488 e. The standard InChI is InChI=1S/C16H26FNO3/c1-3-14(18)12-13-6-4-7-15(17)16(13)21-11-10-20-9-5-8-19-2/h4,6-7,14H,3,5,8-12,18H2,1-2H3. The molecule has 0 aliphatic rings. The highest BCUT2D eigenvalue weighted by Gasteiger charge is 2.12. The first kappa shape index (κ1) is 17.9. The summed E-state index contributed by atoms with van der Waals surface area (Å²) in [6.45, 7) is 4.05. The molecule has 21 heavy (non-hydrogen) atoms. The van der Waals surface area contributed by atoms with E-state index in [1.807, 2.05) is 13.0 Å². The van der Waals surface area contributed by atoms with Crippen molar-refractivity contribution in [3.8, 4) is 5.75 Å². The number of benzene rings is 1. The number of hydrogen-bond acceptors (Lipinski definition) is 4. The van der Waals surface area contributed by atoms with E-state index in [9.17, 15) is 4.39 Å². The van der Waals surface area contributed by atoms with Gasteiger partial charge in [-0.15, -0.1) is 0 Å². The van der Waals surface area contributed by atoms with Crippen molar-refractivity contribution in [1.29, 1.82) is 0 Å². The Kier molecular flexibility index (Phi) is 8.98. The molecule has 0 aliphatic heterocycles. The van der Waals surface area contributed by atoms with E-state index in [2.05, 4.69) is 0 Å². The highest BCUT2D eigenvalue weighted by atomic mass is 19.1. The summed E-state index contributed by atoms with van der Waals surface area (Å²) in [7, 11) is 1.66. The summed E-state index contributed by atoms with van der Waals surface area (Å²) >= 11 is 0. The SMILES string of the molecule is CCC(N)Cc1cccc(F)c1OCCOCCCOC. The smallest absolute Gasteiger partial charge is 0.165 e. The normalized spacial score (nSPS) is 12.4. The number of methoxy groups -OCH3 is 1. The van der Waals surface area contributed by atoms with E-state index in [1.165, 1.54) is 6.07 Å². The first-order chi connectivity index (χ1) is 10.2.